The van der Waals surface area contributed by atoms with Gasteiger partial charge >= 0.3 is 6.03 Å². The molecule has 1 unspecified atom stereocenters. The van der Waals surface area contributed by atoms with Crippen LogP contribution in [0.1, 0.15) is 51.6 Å². The third-order valence-corrected chi connectivity index (χ3v) is 4.19. The Morgan fingerprint density at radius 2 is 2.15 bits per heavy atom. The summed E-state index contributed by atoms with van der Waals surface area (Å²) in [5, 5.41) is 7.21. The van der Waals surface area contributed by atoms with Crippen LogP contribution in [0.3, 0.4) is 0 Å². The number of urea groups is 1. The Hall–Kier alpha value is -1.52. The van der Waals surface area contributed by atoms with Crippen molar-refractivity contribution in [3.63, 3.8) is 0 Å². The number of hydrogen-bond donors (Lipinski definition) is 1. The number of aryl methyl sites for hydroxylation is 1. The van der Waals surface area contributed by atoms with Crippen LogP contribution < -0.4 is 5.32 Å². The summed E-state index contributed by atoms with van der Waals surface area (Å²) in [7, 11) is 1.88. The van der Waals surface area contributed by atoms with Crippen molar-refractivity contribution in [2.45, 2.75) is 46.1 Å². The standard InChI is InChI=1S/C15H26N4O/c1-12(13-10-16-18(4)11-13)17-14(20)19-8-5-6-15(2,3)7-9-19/h10-12H,5-9H2,1-4H3,(H,17,20). The first-order chi connectivity index (χ1) is 9.37. The first-order valence-electron chi connectivity index (χ1n) is 7.41. The maximum Gasteiger partial charge on any atom is 0.317 e. The fourth-order valence-corrected chi connectivity index (χ4v) is 2.65. The number of amides is 2. The lowest BCUT2D eigenvalue weighted by Crippen LogP contribution is -2.41. The molecule has 0 aromatic carbocycles. The van der Waals surface area contributed by atoms with Gasteiger partial charge in [-0.3, -0.25) is 4.68 Å². The van der Waals surface area contributed by atoms with Gasteiger partial charge in [-0.25, -0.2) is 4.79 Å². The van der Waals surface area contributed by atoms with Gasteiger partial charge in [0.1, 0.15) is 0 Å². The van der Waals surface area contributed by atoms with Crippen molar-refractivity contribution in [3.8, 4) is 0 Å². The van der Waals surface area contributed by atoms with Gasteiger partial charge in [0, 0.05) is 31.9 Å². The summed E-state index contributed by atoms with van der Waals surface area (Å²) in [6.45, 7) is 8.27. The van der Waals surface area contributed by atoms with Crippen molar-refractivity contribution < 1.29 is 4.79 Å². The average Bonchev–Trinajstić information content (AvgIpc) is 2.71. The van der Waals surface area contributed by atoms with Crippen molar-refractivity contribution in [3.05, 3.63) is 18.0 Å². The Morgan fingerprint density at radius 1 is 1.40 bits per heavy atom. The van der Waals surface area contributed by atoms with Crippen molar-refractivity contribution in [2.24, 2.45) is 12.5 Å². The summed E-state index contributed by atoms with van der Waals surface area (Å²) >= 11 is 0. The summed E-state index contributed by atoms with van der Waals surface area (Å²) in [5.41, 5.74) is 1.39. The number of aromatic nitrogens is 2. The molecule has 1 aromatic rings. The van der Waals surface area contributed by atoms with Crippen LogP contribution in [-0.2, 0) is 7.05 Å². The highest BCUT2D eigenvalue weighted by molar-refractivity contribution is 5.74. The zero-order valence-corrected chi connectivity index (χ0v) is 13.0. The molecule has 0 radical (unpaired) electrons. The highest BCUT2D eigenvalue weighted by Crippen LogP contribution is 2.29. The van der Waals surface area contributed by atoms with E-state index in [-0.39, 0.29) is 12.1 Å². The molecular formula is C15H26N4O. The number of rotatable bonds is 2. The predicted molar refractivity (Wildman–Crippen MR) is 79.4 cm³/mol. The molecule has 0 bridgehead atoms. The van der Waals surface area contributed by atoms with Gasteiger partial charge < -0.3 is 10.2 Å². The molecule has 1 atom stereocenters. The van der Waals surface area contributed by atoms with E-state index in [1.807, 2.05) is 25.1 Å². The second-order valence-corrected chi connectivity index (χ2v) is 6.62. The molecule has 1 saturated heterocycles. The number of nitrogens with zero attached hydrogens (tertiary/aromatic N) is 3. The van der Waals surface area contributed by atoms with Gasteiger partial charge in [-0.05, 0) is 31.6 Å². The Labute approximate surface area is 121 Å². The van der Waals surface area contributed by atoms with Gasteiger partial charge in [-0.1, -0.05) is 13.8 Å². The highest BCUT2D eigenvalue weighted by Gasteiger charge is 2.26. The quantitative estimate of drug-likeness (QED) is 0.904. The fraction of sp³-hybridized carbons (Fsp3) is 0.733. The molecule has 20 heavy (non-hydrogen) atoms. The predicted octanol–water partition coefficient (Wildman–Crippen LogP) is 2.70. The zero-order valence-electron chi connectivity index (χ0n) is 13.0. The van der Waals surface area contributed by atoms with Gasteiger partial charge in [-0.15, -0.1) is 0 Å². The topological polar surface area (TPSA) is 50.2 Å². The second-order valence-electron chi connectivity index (χ2n) is 6.62. The summed E-state index contributed by atoms with van der Waals surface area (Å²) in [6, 6.07) is 0.0338. The average molecular weight is 278 g/mol. The van der Waals surface area contributed by atoms with Gasteiger partial charge in [0.15, 0.2) is 0 Å². The maximum atomic E-state index is 12.3. The molecule has 1 N–H and O–H groups in total. The lowest BCUT2D eigenvalue weighted by molar-refractivity contribution is 0.194. The molecule has 0 saturated carbocycles. The Bertz CT molecular complexity index is 466. The second kappa shape index (κ2) is 5.85. The van der Waals surface area contributed by atoms with E-state index >= 15 is 0 Å². The van der Waals surface area contributed by atoms with Gasteiger partial charge in [-0.2, -0.15) is 5.10 Å². The molecule has 1 fully saturated rings. The number of hydrogen-bond acceptors (Lipinski definition) is 2. The first-order valence-corrected chi connectivity index (χ1v) is 7.41. The number of nitrogens with one attached hydrogen (secondary N) is 1. The van der Waals surface area contributed by atoms with Crippen LogP contribution in [-0.4, -0.2) is 33.8 Å². The van der Waals surface area contributed by atoms with Crippen molar-refractivity contribution in [1.82, 2.24) is 20.0 Å². The molecule has 5 nitrogen and oxygen atoms in total. The smallest absolute Gasteiger partial charge is 0.317 e. The number of carbonyl (C=O) groups excluding carboxylic acids is 1. The van der Waals surface area contributed by atoms with Crippen LogP contribution in [0.2, 0.25) is 0 Å². The Morgan fingerprint density at radius 3 is 2.80 bits per heavy atom. The first kappa shape index (κ1) is 14.9. The monoisotopic (exact) mass is 278 g/mol. The molecule has 2 heterocycles. The largest absolute Gasteiger partial charge is 0.331 e. The van der Waals surface area contributed by atoms with E-state index in [1.165, 1.54) is 6.42 Å². The van der Waals surface area contributed by atoms with Gasteiger partial charge in [0.2, 0.25) is 0 Å². The van der Waals surface area contributed by atoms with Crippen LogP contribution in [0.15, 0.2) is 12.4 Å². The van der Waals surface area contributed by atoms with Crippen LogP contribution in [0.4, 0.5) is 4.79 Å². The molecular weight excluding hydrogens is 252 g/mol. The van der Waals surface area contributed by atoms with E-state index in [0.29, 0.717) is 5.41 Å². The van der Waals surface area contributed by atoms with Gasteiger partial charge in [0.05, 0.1) is 12.2 Å². The van der Waals surface area contributed by atoms with E-state index in [2.05, 4.69) is 24.3 Å². The molecule has 0 aliphatic carbocycles. The molecule has 1 aromatic heterocycles. The zero-order chi connectivity index (χ0) is 14.8. The summed E-state index contributed by atoms with van der Waals surface area (Å²) < 4.78 is 1.76. The van der Waals surface area contributed by atoms with Crippen molar-refractivity contribution >= 4 is 6.03 Å². The molecule has 2 rings (SSSR count). The molecule has 5 heteroatoms. The summed E-state index contributed by atoms with van der Waals surface area (Å²) in [5.74, 6) is 0. The van der Waals surface area contributed by atoms with Crippen LogP contribution in [0.5, 0.6) is 0 Å². The third kappa shape index (κ3) is 3.74. The molecule has 1 aliphatic rings. The fourth-order valence-electron chi connectivity index (χ4n) is 2.65. The van der Waals surface area contributed by atoms with E-state index < -0.39 is 0 Å². The van der Waals surface area contributed by atoms with Crippen molar-refractivity contribution in [1.29, 1.82) is 0 Å². The van der Waals surface area contributed by atoms with Crippen LogP contribution in [0, 0.1) is 5.41 Å². The number of likely N-dealkylation sites (tertiary alicyclic amines) is 1. The van der Waals surface area contributed by atoms with Gasteiger partial charge in [0.25, 0.3) is 0 Å². The minimum atomic E-state index is -0.00698. The lowest BCUT2D eigenvalue weighted by Gasteiger charge is -2.25. The SMILES string of the molecule is CC(NC(=O)N1CCCC(C)(C)CC1)c1cnn(C)c1. The molecule has 112 valence electrons. The minimum absolute atomic E-state index is 0.00698. The van der Waals surface area contributed by atoms with E-state index in [0.717, 1.165) is 31.5 Å². The number of carbonyl (C=O) groups is 1. The van der Waals surface area contributed by atoms with Crippen LogP contribution in [0.25, 0.3) is 0 Å². The van der Waals surface area contributed by atoms with E-state index in [1.54, 1.807) is 10.9 Å². The van der Waals surface area contributed by atoms with E-state index in [9.17, 15) is 4.79 Å². The molecule has 2 amide bonds. The van der Waals surface area contributed by atoms with E-state index in [4.69, 9.17) is 0 Å². The van der Waals surface area contributed by atoms with Crippen molar-refractivity contribution in [2.75, 3.05) is 13.1 Å². The van der Waals surface area contributed by atoms with Crippen LogP contribution >= 0.6 is 0 Å². The lowest BCUT2D eigenvalue weighted by atomic mass is 9.85. The third-order valence-electron chi connectivity index (χ3n) is 4.19. The normalized spacial score (nSPS) is 20.3. The maximum absolute atomic E-state index is 12.3. The molecule has 1 aliphatic heterocycles. The Balaban J connectivity index is 1.91. The summed E-state index contributed by atoms with van der Waals surface area (Å²) in [4.78, 5) is 14.3. The minimum Gasteiger partial charge on any atom is -0.331 e. The Kier molecular flexibility index (Phi) is 4.35. The highest BCUT2D eigenvalue weighted by atomic mass is 16.2. The molecule has 0 spiro atoms. The summed E-state index contributed by atoms with van der Waals surface area (Å²) in [6.07, 6.45) is 7.09.